The van der Waals surface area contributed by atoms with E-state index in [0.717, 1.165) is 10.9 Å². The third-order valence-electron chi connectivity index (χ3n) is 3.58. The monoisotopic (exact) mass is 309 g/mol. The summed E-state index contributed by atoms with van der Waals surface area (Å²) in [6, 6.07) is 10.9. The van der Waals surface area contributed by atoms with Crippen molar-refractivity contribution < 1.29 is 14.7 Å². The van der Waals surface area contributed by atoms with E-state index in [1.54, 1.807) is 24.5 Å². The second-order valence-corrected chi connectivity index (χ2v) is 5.14. The van der Waals surface area contributed by atoms with Gasteiger partial charge in [0.15, 0.2) is 0 Å². The van der Waals surface area contributed by atoms with Gasteiger partial charge in [0.1, 0.15) is 5.69 Å². The van der Waals surface area contributed by atoms with Crippen molar-refractivity contribution in [1.82, 2.24) is 15.3 Å². The number of para-hydroxylation sites is 1. The average Bonchev–Trinajstić information content (AvgIpc) is 2.93. The highest BCUT2D eigenvalue weighted by Crippen LogP contribution is 2.23. The Kier molecular flexibility index (Phi) is 4.05. The van der Waals surface area contributed by atoms with E-state index in [1.165, 1.54) is 0 Å². The van der Waals surface area contributed by atoms with Crippen LogP contribution >= 0.6 is 0 Å². The predicted molar refractivity (Wildman–Crippen MR) is 85.0 cm³/mol. The number of hydrogen-bond acceptors (Lipinski definition) is 3. The zero-order chi connectivity index (χ0) is 16.2. The van der Waals surface area contributed by atoms with Gasteiger partial charge in [0.25, 0.3) is 0 Å². The molecule has 1 amide bonds. The number of carboxylic acids is 1. The Morgan fingerprint density at radius 1 is 1.17 bits per heavy atom. The number of amides is 1. The van der Waals surface area contributed by atoms with E-state index in [-0.39, 0.29) is 18.0 Å². The molecule has 0 aliphatic rings. The van der Waals surface area contributed by atoms with E-state index >= 15 is 0 Å². The van der Waals surface area contributed by atoms with Gasteiger partial charge in [-0.1, -0.05) is 24.3 Å². The molecule has 6 nitrogen and oxygen atoms in total. The lowest BCUT2D eigenvalue weighted by molar-refractivity contribution is -0.120. The lowest BCUT2D eigenvalue weighted by Crippen LogP contribution is -2.25. The van der Waals surface area contributed by atoms with E-state index in [0.29, 0.717) is 17.6 Å². The zero-order valence-corrected chi connectivity index (χ0v) is 12.2. The molecule has 23 heavy (non-hydrogen) atoms. The number of H-pyrrole nitrogens is 1. The molecule has 1 aromatic carbocycles. The van der Waals surface area contributed by atoms with Crippen LogP contribution in [0.4, 0.5) is 0 Å². The minimum Gasteiger partial charge on any atom is -0.477 e. The highest BCUT2D eigenvalue weighted by Gasteiger charge is 2.19. The van der Waals surface area contributed by atoms with E-state index in [9.17, 15) is 14.7 Å². The van der Waals surface area contributed by atoms with Crippen LogP contribution in [0.1, 0.15) is 21.6 Å². The van der Waals surface area contributed by atoms with E-state index in [2.05, 4.69) is 15.3 Å². The molecule has 116 valence electrons. The number of nitrogens with one attached hydrogen (secondary N) is 2. The fourth-order valence-electron chi connectivity index (χ4n) is 2.49. The summed E-state index contributed by atoms with van der Waals surface area (Å²) >= 11 is 0. The molecule has 0 aliphatic heterocycles. The lowest BCUT2D eigenvalue weighted by Gasteiger charge is -2.05. The number of aromatic carboxylic acids is 1. The number of carbonyl (C=O) groups excluding carboxylic acids is 1. The van der Waals surface area contributed by atoms with Crippen LogP contribution in [0, 0.1) is 0 Å². The number of aromatic nitrogens is 2. The minimum atomic E-state index is -1.07. The number of fused-ring (bicyclic) bond motifs is 1. The normalized spacial score (nSPS) is 10.6. The van der Waals surface area contributed by atoms with Gasteiger partial charge in [-0.2, -0.15) is 0 Å². The fraction of sp³-hybridized carbons (Fsp3) is 0.118. The molecule has 2 heterocycles. The predicted octanol–water partition coefficient (Wildman–Crippen LogP) is 2.12. The summed E-state index contributed by atoms with van der Waals surface area (Å²) < 4.78 is 0. The van der Waals surface area contributed by atoms with E-state index in [1.807, 2.05) is 24.3 Å². The van der Waals surface area contributed by atoms with Crippen molar-refractivity contribution in [3.8, 4) is 0 Å². The lowest BCUT2D eigenvalue weighted by atomic mass is 10.1. The van der Waals surface area contributed by atoms with Crippen molar-refractivity contribution in [2.24, 2.45) is 0 Å². The number of carboxylic acid groups (broad SMARTS) is 1. The van der Waals surface area contributed by atoms with Crippen LogP contribution in [0.3, 0.4) is 0 Å². The summed E-state index contributed by atoms with van der Waals surface area (Å²) in [5, 5.41) is 12.8. The second-order valence-electron chi connectivity index (χ2n) is 5.14. The molecule has 3 rings (SSSR count). The van der Waals surface area contributed by atoms with Crippen molar-refractivity contribution in [1.29, 1.82) is 0 Å². The Hall–Kier alpha value is -3.15. The van der Waals surface area contributed by atoms with Crippen LogP contribution < -0.4 is 5.32 Å². The topological polar surface area (TPSA) is 95.1 Å². The average molecular weight is 309 g/mol. The van der Waals surface area contributed by atoms with Crippen LogP contribution in [-0.4, -0.2) is 27.0 Å². The summed E-state index contributed by atoms with van der Waals surface area (Å²) in [4.78, 5) is 30.4. The maximum absolute atomic E-state index is 12.2. The standard InChI is InChI=1S/C17H15N3O3/c21-15(19-10-11-4-3-7-18-9-11)8-13-12-5-1-2-6-14(12)20-16(13)17(22)23/h1-7,9,20H,8,10H2,(H,19,21)(H,22,23). The maximum Gasteiger partial charge on any atom is 0.352 e. The van der Waals surface area contributed by atoms with Gasteiger partial charge in [-0.15, -0.1) is 0 Å². The first-order valence-corrected chi connectivity index (χ1v) is 7.13. The van der Waals surface area contributed by atoms with Gasteiger partial charge in [-0.05, 0) is 17.7 Å². The SMILES string of the molecule is O=C(Cc1c(C(=O)O)[nH]c2ccccc12)NCc1cccnc1. The molecular weight excluding hydrogens is 294 g/mol. The van der Waals surface area contributed by atoms with Gasteiger partial charge in [-0.25, -0.2) is 4.79 Å². The van der Waals surface area contributed by atoms with Crippen LogP contribution in [-0.2, 0) is 17.8 Å². The molecule has 0 spiro atoms. The summed E-state index contributed by atoms with van der Waals surface area (Å²) in [6.45, 7) is 0.359. The molecule has 6 heteroatoms. The largest absolute Gasteiger partial charge is 0.477 e. The van der Waals surface area contributed by atoms with Crippen molar-refractivity contribution in [3.63, 3.8) is 0 Å². The van der Waals surface area contributed by atoms with Crippen molar-refractivity contribution in [2.45, 2.75) is 13.0 Å². The van der Waals surface area contributed by atoms with Gasteiger partial charge in [-0.3, -0.25) is 9.78 Å². The first-order chi connectivity index (χ1) is 11.1. The zero-order valence-electron chi connectivity index (χ0n) is 12.2. The molecular formula is C17H15N3O3. The Balaban J connectivity index is 1.79. The third kappa shape index (κ3) is 3.21. The quantitative estimate of drug-likeness (QED) is 0.673. The Morgan fingerprint density at radius 2 is 2.00 bits per heavy atom. The van der Waals surface area contributed by atoms with Crippen LogP contribution in [0.2, 0.25) is 0 Å². The number of benzene rings is 1. The molecule has 0 bridgehead atoms. The molecule has 0 saturated heterocycles. The Bertz CT molecular complexity index is 856. The number of rotatable bonds is 5. The van der Waals surface area contributed by atoms with Crippen molar-refractivity contribution in [2.75, 3.05) is 0 Å². The van der Waals surface area contributed by atoms with Gasteiger partial charge in [0, 0.05) is 35.4 Å². The molecule has 0 unspecified atom stereocenters. The molecule has 2 aromatic heterocycles. The van der Waals surface area contributed by atoms with Crippen LogP contribution in [0.15, 0.2) is 48.8 Å². The van der Waals surface area contributed by atoms with Crippen LogP contribution in [0.25, 0.3) is 10.9 Å². The minimum absolute atomic E-state index is 0.00586. The number of nitrogens with zero attached hydrogens (tertiary/aromatic N) is 1. The van der Waals surface area contributed by atoms with Crippen LogP contribution in [0.5, 0.6) is 0 Å². The number of carbonyl (C=O) groups is 2. The number of hydrogen-bond donors (Lipinski definition) is 3. The van der Waals surface area contributed by atoms with E-state index < -0.39 is 5.97 Å². The second kappa shape index (κ2) is 6.31. The molecule has 3 aromatic rings. The summed E-state index contributed by atoms with van der Waals surface area (Å²) in [6.07, 6.45) is 3.34. The number of aromatic amines is 1. The van der Waals surface area contributed by atoms with Gasteiger partial charge >= 0.3 is 5.97 Å². The first-order valence-electron chi connectivity index (χ1n) is 7.13. The van der Waals surface area contributed by atoms with Gasteiger partial charge < -0.3 is 15.4 Å². The van der Waals surface area contributed by atoms with E-state index in [4.69, 9.17) is 0 Å². The highest BCUT2D eigenvalue weighted by molar-refractivity contribution is 5.99. The number of pyridine rings is 1. The fourth-order valence-corrected chi connectivity index (χ4v) is 2.49. The summed E-state index contributed by atoms with van der Waals surface area (Å²) in [5.74, 6) is -1.31. The Morgan fingerprint density at radius 3 is 2.74 bits per heavy atom. The van der Waals surface area contributed by atoms with Crippen molar-refractivity contribution in [3.05, 3.63) is 65.6 Å². The van der Waals surface area contributed by atoms with Gasteiger partial charge in [0.05, 0.1) is 6.42 Å². The third-order valence-corrected chi connectivity index (χ3v) is 3.58. The molecule has 0 aliphatic carbocycles. The summed E-state index contributed by atoms with van der Waals surface area (Å²) in [5.41, 5.74) is 2.15. The molecule has 0 atom stereocenters. The summed E-state index contributed by atoms with van der Waals surface area (Å²) in [7, 11) is 0. The van der Waals surface area contributed by atoms with Crippen molar-refractivity contribution >= 4 is 22.8 Å². The molecule has 0 saturated carbocycles. The Labute approximate surface area is 132 Å². The molecule has 0 radical (unpaired) electrons. The first kappa shape index (κ1) is 14.8. The molecule has 0 fully saturated rings. The maximum atomic E-state index is 12.2. The smallest absolute Gasteiger partial charge is 0.352 e. The highest BCUT2D eigenvalue weighted by atomic mass is 16.4. The van der Waals surface area contributed by atoms with Gasteiger partial charge in [0.2, 0.25) is 5.91 Å². The molecule has 3 N–H and O–H groups in total.